The number of carbonyl (C=O) groups excluding carboxylic acids is 2. The first-order valence-electron chi connectivity index (χ1n) is 13.9. The number of allylic oxidation sites excluding steroid dienone is 3. The van der Waals surface area contributed by atoms with Crippen molar-refractivity contribution in [1.82, 2.24) is 14.7 Å². The first-order valence-corrected chi connectivity index (χ1v) is 13.9. The highest BCUT2D eigenvalue weighted by molar-refractivity contribution is 5.96. The molecule has 3 aliphatic heterocycles. The molecule has 2 saturated heterocycles. The Bertz CT molecular complexity index is 1380. The lowest BCUT2D eigenvalue weighted by molar-refractivity contribution is 0.0547. The van der Waals surface area contributed by atoms with E-state index in [1.807, 2.05) is 58.0 Å². The second kappa shape index (κ2) is 9.21. The van der Waals surface area contributed by atoms with Gasteiger partial charge in [0.2, 0.25) is 0 Å². The highest BCUT2D eigenvalue weighted by atomic mass is 16.5. The van der Waals surface area contributed by atoms with Crippen molar-refractivity contribution in [3.05, 3.63) is 71.5 Å². The van der Waals surface area contributed by atoms with Crippen molar-refractivity contribution < 1.29 is 23.5 Å². The van der Waals surface area contributed by atoms with Crippen molar-refractivity contribution in [2.75, 3.05) is 40.4 Å². The highest BCUT2D eigenvalue weighted by Gasteiger charge is 2.58. The van der Waals surface area contributed by atoms with Crippen LogP contribution in [0.5, 0.6) is 0 Å². The maximum Gasteiger partial charge on any atom is 0.325 e. The molecule has 4 heterocycles. The van der Waals surface area contributed by atoms with Crippen LogP contribution >= 0.6 is 0 Å². The minimum atomic E-state index is -0.445. The standard InChI is InChI=1S/C31H37N3O5/c1-6-34-29(36)33-19-22-17-23(37-4)18-27(38-5)30(22,3)20(2)15-26(33)31(34)11-13-32(14-12-31)28(35)25-16-21-9-7-8-10-24(21)39-25/h7-10,15-18,20,22H,6,11-14,19H2,1-5H3. The summed E-state index contributed by atoms with van der Waals surface area (Å²) in [5, 5.41) is 0.922. The molecule has 39 heavy (non-hydrogen) atoms. The summed E-state index contributed by atoms with van der Waals surface area (Å²) >= 11 is 0. The van der Waals surface area contributed by atoms with Gasteiger partial charge in [-0.05, 0) is 43.9 Å². The number of rotatable bonds is 4. The first kappa shape index (κ1) is 25.6. The lowest BCUT2D eigenvalue weighted by Crippen LogP contribution is -2.54. The number of ether oxygens (including phenoxy) is 2. The Morgan fingerprint density at radius 3 is 2.54 bits per heavy atom. The second-order valence-corrected chi connectivity index (χ2v) is 11.3. The van der Waals surface area contributed by atoms with Crippen molar-refractivity contribution >= 4 is 22.9 Å². The topological polar surface area (TPSA) is 75.5 Å². The average molecular weight is 532 g/mol. The third-order valence-electron chi connectivity index (χ3n) is 9.71. The van der Waals surface area contributed by atoms with E-state index in [1.54, 1.807) is 14.2 Å². The van der Waals surface area contributed by atoms with Crippen LogP contribution in [0.3, 0.4) is 0 Å². The summed E-state index contributed by atoms with van der Waals surface area (Å²) in [6, 6.07) is 9.53. The van der Waals surface area contributed by atoms with Crippen molar-refractivity contribution in [2.24, 2.45) is 17.3 Å². The van der Waals surface area contributed by atoms with Gasteiger partial charge in [-0.15, -0.1) is 0 Å². The van der Waals surface area contributed by atoms with Crippen molar-refractivity contribution in [3.8, 4) is 0 Å². The zero-order valence-electron chi connectivity index (χ0n) is 23.4. The van der Waals surface area contributed by atoms with Gasteiger partial charge in [0, 0.05) is 54.7 Å². The zero-order valence-corrected chi connectivity index (χ0v) is 23.4. The van der Waals surface area contributed by atoms with Crippen molar-refractivity contribution in [1.29, 1.82) is 0 Å². The Labute approximate surface area is 229 Å². The number of carbonyl (C=O) groups is 2. The summed E-state index contributed by atoms with van der Waals surface area (Å²) in [6.07, 6.45) is 7.77. The van der Waals surface area contributed by atoms with Crippen LogP contribution in [0.1, 0.15) is 44.2 Å². The van der Waals surface area contributed by atoms with Crippen molar-refractivity contribution in [2.45, 2.75) is 39.2 Å². The van der Waals surface area contributed by atoms with E-state index in [-0.39, 0.29) is 29.2 Å². The number of piperidine rings is 1. The maximum atomic E-state index is 13.9. The molecule has 0 saturated carbocycles. The average Bonchev–Trinajstić information content (AvgIpc) is 3.43. The molecule has 3 unspecified atom stereocenters. The monoisotopic (exact) mass is 531 g/mol. The van der Waals surface area contributed by atoms with Crippen LogP contribution in [0.2, 0.25) is 0 Å². The number of furan rings is 1. The Kier molecular flexibility index (Phi) is 6.04. The van der Waals surface area contributed by atoms with Crippen LogP contribution < -0.4 is 0 Å². The first-order chi connectivity index (χ1) is 18.8. The summed E-state index contributed by atoms with van der Waals surface area (Å²) in [5.74, 6) is 2.04. The molecule has 2 fully saturated rings. The molecule has 0 bridgehead atoms. The Morgan fingerprint density at radius 2 is 1.87 bits per heavy atom. The van der Waals surface area contributed by atoms with Gasteiger partial charge in [0.15, 0.2) is 5.76 Å². The Hall–Kier alpha value is -3.68. The third kappa shape index (κ3) is 3.63. The number of fused-ring (bicyclic) bond motifs is 4. The molecule has 0 radical (unpaired) electrons. The maximum absolute atomic E-state index is 13.9. The van der Waals surface area contributed by atoms with Gasteiger partial charge in [0.05, 0.1) is 19.8 Å². The van der Waals surface area contributed by atoms with Crippen LogP contribution in [0.4, 0.5) is 4.79 Å². The lowest BCUT2D eigenvalue weighted by atomic mass is 9.65. The fourth-order valence-electron chi connectivity index (χ4n) is 7.23. The molecule has 3 amide bonds. The quantitative estimate of drug-likeness (QED) is 0.529. The van der Waals surface area contributed by atoms with E-state index in [9.17, 15) is 9.59 Å². The smallest absolute Gasteiger partial charge is 0.325 e. The molecule has 4 aliphatic rings. The number of hydrogen-bond acceptors (Lipinski definition) is 5. The predicted molar refractivity (Wildman–Crippen MR) is 148 cm³/mol. The van der Waals surface area contributed by atoms with Gasteiger partial charge < -0.3 is 23.7 Å². The molecule has 1 aromatic heterocycles. The van der Waals surface area contributed by atoms with E-state index in [4.69, 9.17) is 13.9 Å². The van der Waals surface area contributed by atoms with E-state index in [0.29, 0.717) is 50.4 Å². The summed E-state index contributed by atoms with van der Waals surface area (Å²) in [7, 11) is 3.37. The van der Waals surface area contributed by atoms with E-state index < -0.39 is 5.54 Å². The summed E-state index contributed by atoms with van der Waals surface area (Å²) in [6.45, 7) is 8.76. The SMILES string of the molecule is CCN1C(=O)N2CC3C=C(OC)C=C(OC)C3(C)C(C)C=C2C12CCN(C(=O)c1cc3ccccc3o1)CC2. The van der Waals surface area contributed by atoms with E-state index in [2.05, 4.69) is 26.0 Å². The summed E-state index contributed by atoms with van der Waals surface area (Å²) in [4.78, 5) is 33.2. The van der Waals surface area contributed by atoms with Crippen LogP contribution in [-0.4, -0.2) is 72.6 Å². The largest absolute Gasteiger partial charge is 0.500 e. The fourth-order valence-corrected chi connectivity index (χ4v) is 7.23. The number of likely N-dealkylation sites (tertiary alicyclic amines) is 1. The molecule has 0 N–H and O–H groups in total. The van der Waals surface area contributed by atoms with E-state index in [1.165, 1.54) is 0 Å². The summed E-state index contributed by atoms with van der Waals surface area (Å²) in [5.41, 5.74) is 1.02. The molecular weight excluding hydrogens is 494 g/mol. The number of nitrogens with zero attached hydrogens (tertiary/aromatic N) is 3. The second-order valence-electron chi connectivity index (χ2n) is 11.3. The van der Waals surface area contributed by atoms with Gasteiger partial charge >= 0.3 is 6.03 Å². The van der Waals surface area contributed by atoms with Crippen molar-refractivity contribution in [3.63, 3.8) is 0 Å². The predicted octanol–water partition coefficient (Wildman–Crippen LogP) is 5.40. The normalized spacial score (nSPS) is 28.0. The number of benzene rings is 1. The minimum Gasteiger partial charge on any atom is -0.500 e. The third-order valence-corrected chi connectivity index (χ3v) is 9.71. The molecular formula is C31H37N3O5. The van der Waals surface area contributed by atoms with Crippen LogP contribution in [-0.2, 0) is 9.47 Å². The van der Waals surface area contributed by atoms with Crippen LogP contribution in [0, 0.1) is 17.3 Å². The molecule has 8 heteroatoms. The van der Waals surface area contributed by atoms with Gasteiger partial charge in [-0.2, -0.15) is 0 Å². The molecule has 3 atom stereocenters. The Morgan fingerprint density at radius 1 is 1.13 bits per heavy atom. The minimum absolute atomic E-state index is 0.0312. The molecule has 206 valence electrons. The van der Waals surface area contributed by atoms with Gasteiger partial charge in [-0.25, -0.2) is 4.79 Å². The zero-order chi connectivity index (χ0) is 27.5. The number of para-hydroxylation sites is 1. The molecule has 1 aliphatic carbocycles. The summed E-state index contributed by atoms with van der Waals surface area (Å²) < 4.78 is 17.4. The number of hydrogen-bond donors (Lipinski definition) is 0. The van der Waals surface area contributed by atoms with Crippen LogP contribution in [0.15, 0.2) is 70.2 Å². The van der Waals surface area contributed by atoms with Gasteiger partial charge in [-0.3, -0.25) is 9.69 Å². The number of likely N-dealkylation sites (N-methyl/N-ethyl adjacent to an activating group) is 1. The van der Waals surface area contributed by atoms with E-state index in [0.717, 1.165) is 22.6 Å². The molecule has 2 aromatic rings. The Balaban J connectivity index is 1.32. The lowest BCUT2D eigenvalue weighted by Gasteiger charge is -2.44. The van der Waals surface area contributed by atoms with Crippen LogP contribution in [0.25, 0.3) is 11.0 Å². The van der Waals surface area contributed by atoms with Gasteiger partial charge in [0.1, 0.15) is 17.1 Å². The molecule has 6 rings (SSSR count). The van der Waals surface area contributed by atoms with Gasteiger partial charge in [-0.1, -0.05) is 38.1 Å². The highest BCUT2D eigenvalue weighted by Crippen LogP contribution is 2.54. The molecule has 1 spiro atoms. The van der Waals surface area contributed by atoms with E-state index >= 15 is 0 Å². The fraction of sp³-hybridized carbons (Fsp3) is 0.484. The molecule has 8 nitrogen and oxygen atoms in total. The molecule has 1 aromatic carbocycles. The van der Waals surface area contributed by atoms with Gasteiger partial charge in [0.25, 0.3) is 5.91 Å². The number of amides is 3. The number of methoxy groups -OCH3 is 2. The number of urea groups is 1.